The van der Waals surface area contributed by atoms with Crippen LogP contribution >= 0.6 is 0 Å². The number of unbranched alkanes of at least 4 members (excludes halogenated alkanes) is 1. The Labute approximate surface area is 56.1 Å². The molecular formula is C8H9O. The average Bonchev–Trinajstić information content (AvgIpc) is 1.89. The Kier molecular flexibility index (Phi) is 6.36. The van der Waals surface area contributed by atoms with Crippen molar-refractivity contribution in [2.75, 3.05) is 6.61 Å². The fourth-order valence-electron chi connectivity index (χ4n) is 0.312. The highest BCUT2D eigenvalue weighted by atomic mass is 16.2. The van der Waals surface area contributed by atoms with Crippen LogP contribution in [-0.2, 0) is 5.11 Å². The van der Waals surface area contributed by atoms with Crippen LogP contribution in [-0.4, -0.2) is 6.61 Å². The maximum absolute atomic E-state index is 9.72. The van der Waals surface area contributed by atoms with Gasteiger partial charge in [0.15, 0.2) is 0 Å². The molecule has 47 valence electrons. The van der Waals surface area contributed by atoms with Gasteiger partial charge in [-0.25, -0.2) is 5.11 Å². The molecule has 0 N–H and O–H groups in total. The van der Waals surface area contributed by atoms with Crippen LogP contribution in [0.25, 0.3) is 0 Å². The van der Waals surface area contributed by atoms with Crippen molar-refractivity contribution in [3.05, 3.63) is 0 Å². The van der Waals surface area contributed by atoms with Crippen molar-refractivity contribution in [1.82, 2.24) is 0 Å². The van der Waals surface area contributed by atoms with Crippen molar-refractivity contribution in [3.63, 3.8) is 0 Å². The summed E-state index contributed by atoms with van der Waals surface area (Å²) in [7, 11) is 0. The molecule has 0 heterocycles. The highest BCUT2D eigenvalue weighted by molar-refractivity contribution is 5.25. The molecule has 0 fully saturated rings. The van der Waals surface area contributed by atoms with Gasteiger partial charge in [-0.15, -0.1) is 0 Å². The second-order valence-corrected chi connectivity index (χ2v) is 1.50. The van der Waals surface area contributed by atoms with Gasteiger partial charge in [0.2, 0.25) is 0 Å². The Hall–Kier alpha value is -0.920. The fourth-order valence-corrected chi connectivity index (χ4v) is 0.312. The van der Waals surface area contributed by atoms with E-state index in [0.29, 0.717) is 0 Å². The van der Waals surface area contributed by atoms with Gasteiger partial charge in [-0.2, -0.15) is 0 Å². The number of rotatable bonds is 1. The zero-order valence-electron chi connectivity index (χ0n) is 5.53. The lowest BCUT2D eigenvalue weighted by molar-refractivity contribution is 0.239. The van der Waals surface area contributed by atoms with Crippen molar-refractivity contribution < 1.29 is 5.11 Å². The SMILES string of the molecule is CCCC#CC#CC[O]. The lowest BCUT2D eigenvalue weighted by Crippen LogP contribution is -1.66. The predicted octanol–water partition coefficient (Wildman–Crippen LogP) is 1.22. The molecule has 0 aliphatic heterocycles. The van der Waals surface area contributed by atoms with Crippen molar-refractivity contribution in [1.29, 1.82) is 0 Å². The van der Waals surface area contributed by atoms with E-state index in [0.717, 1.165) is 12.8 Å². The summed E-state index contributed by atoms with van der Waals surface area (Å²) < 4.78 is 0. The lowest BCUT2D eigenvalue weighted by atomic mass is 10.3. The molecule has 0 amide bonds. The van der Waals surface area contributed by atoms with E-state index in [-0.39, 0.29) is 6.61 Å². The van der Waals surface area contributed by atoms with Crippen molar-refractivity contribution in [2.45, 2.75) is 19.8 Å². The summed E-state index contributed by atoms with van der Waals surface area (Å²) >= 11 is 0. The molecule has 1 heteroatoms. The van der Waals surface area contributed by atoms with Gasteiger partial charge in [-0.3, -0.25) is 0 Å². The highest BCUT2D eigenvalue weighted by Crippen LogP contribution is 1.79. The summed E-state index contributed by atoms with van der Waals surface area (Å²) in [5.74, 6) is 10.2. The maximum Gasteiger partial charge on any atom is 0.144 e. The van der Waals surface area contributed by atoms with E-state index in [9.17, 15) is 5.11 Å². The van der Waals surface area contributed by atoms with Gasteiger partial charge in [-0.1, -0.05) is 18.8 Å². The molecule has 0 atom stereocenters. The summed E-state index contributed by atoms with van der Waals surface area (Å²) in [5, 5.41) is 9.72. The highest BCUT2D eigenvalue weighted by Gasteiger charge is 1.66. The van der Waals surface area contributed by atoms with E-state index in [2.05, 4.69) is 30.6 Å². The Bertz CT molecular complexity index is 160. The van der Waals surface area contributed by atoms with Gasteiger partial charge in [0, 0.05) is 6.42 Å². The smallest absolute Gasteiger partial charge is 0.144 e. The van der Waals surface area contributed by atoms with Crippen LogP contribution < -0.4 is 0 Å². The molecule has 9 heavy (non-hydrogen) atoms. The van der Waals surface area contributed by atoms with Crippen LogP contribution in [0.1, 0.15) is 19.8 Å². The van der Waals surface area contributed by atoms with E-state index >= 15 is 0 Å². The van der Waals surface area contributed by atoms with Crippen LogP contribution in [0.2, 0.25) is 0 Å². The van der Waals surface area contributed by atoms with Crippen LogP contribution in [0.5, 0.6) is 0 Å². The van der Waals surface area contributed by atoms with E-state index < -0.39 is 0 Å². The molecule has 1 nitrogen and oxygen atoms in total. The van der Waals surface area contributed by atoms with E-state index in [1.807, 2.05) is 0 Å². The Balaban J connectivity index is 3.36. The minimum atomic E-state index is -0.346. The average molecular weight is 121 g/mol. The second-order valence-electron chi connectivity index (χ2n) is 1.50. The molecule has 1 radical (unpaired) electrons. The molecule has 0 saturated heterocycles. The van der Waals surface area contributed by atoms with Crippen LogP contribution in [0.3, 0.4) is 0 Å². The van der Waals surface area contributed by atoms with Crippen molar-refractivity contribution >= 4 is 0 Å². The molecule has 0 saturated carbocycles. The molecule has 0 aliphatic carbocycles. The quantitative estimate of drug-likeness (QED) is 0.465. The summed E-state index contributed by atoms with van der Waals surface area (Å²) in [5.41, 5.74) is 0. The molecule has 0 aromatic heterocycles. The first kappa shape index (κ1) is 8.08. The Morgan fingerprint density at radius 2 is 1.89 bits per heavy atom. The summed E-state index contributed by atoms with van der Waals surface area (Å²) in [6.07, 6.45) is 1.92. The molecule has 0 aliphatic rings. The van der Waals surface area contributed by atoms with Gasteiger partial charge in [0.25, 0.3) is 0 Å². The molecule has 0 bridgehead atoms. The summed E-state index contributed by atoms with van der Waals surface area (Å²) in [4.78, 5) is 0. The van der Waals surface area contributed by atoms with Crippen molar-refractivity contribution in [2.24, 2.45) is 0 Å². The van der Waals surface area contributed by atoms with Crippen LogP contribution in [0, 0.1) is 23.7 Å². The van der Waals surface area contributed by atoms with Gasteiger partial charge >= 0.3 is 0 Å². The van der Waals surface area contributed by atoms with Crippen molar-refractivity contribution in [3.8, 4) is 23.7 Å². The third-order valence-corrected chi connectivity index (χ3v) is 0.686. The molecule has 0 rings (SSSR count). The molecular weight excluding hydrogens is 112 g/mol. The first-order valence-electron chi connectivity index (χ1n) is 2.95. The minimum absolute atomic E-state index is 0.346. The zero-order chi connectivity index (χ0) is 6.95. The van der Waals surface area contributed by atoms with E-state index in [4.69, 9.17) is 0 Å². The normalized spacial score (nSPS) is 6.44. The third-order valence-electron chi connectivity index (χ3n) is 0.686. The summed E-state index contributed by atoms with van der Waals surface area (Å²) in [6.45, 7) is 1.70. The zero-order valence-corrected chi connectivity index (χ0v) is 5.53. The van der Waals surface area contributed by atoms with Gasteiger partial charge in [0.05, 0.1) is 0 Å². The van der Waals surface area contributed by atoms with E-state index in [1.54, 1.807) is 0 Å². The van der Waals surface area contributed by atoms with Crippen LogP contribution in [0.4, 0.5) is 0 Å². The molecule has 0 unspecified atom stereocenters. The predicted molar refractivity (Wildman–Crippen MR) is 36.0 cm³/mol. The molecule has 0 spiro atoms. The molecule has 0 aromatic carbocycles. The monoisotopic (exact) mass is 121 g/mol. The largest absolute Gasteiger partial charge is 0.223 e. The topological polar surface area (TPSA) is 19.9 Å². The maximum atomic E-state index is 9.72. The van der Waals surface area contributed by atoms with Crippen LogP contribution in [0.15, 0.2) is 0 Å². The Morgan fingerprint density at radius 3 is 2.44 bits per heavy atom. The minimum Gasteiger partial charge on any atom is -0.223 e. The lowest BCUT2D eigenvalue weighted by Gasteiger charge is -1.72. The van der Waals surface area contributed by atoms with Gasteiger partial charge in [0.1, 0.15) is 6.61 Å². The number of hydrogen-bond donors (Lipinski definition) is 0. The standard InChI is InChI=1S/C8H9O/c1-2-3-4-5-6-7-8-9/h2-3,8H2,1H3. The number of hydrogen-bond acceptors (Lipinski definition) is 0. The first-order chi connectivity index (χ1) is 4.41. The summed E-state index contributed by atoms with van der Waals surface area (Å²) in [6, 6.07) is 0. The fraction of sp³-hybridized carbons (Fsp3) is 0.500. The molecule has 0 aromatic rings. The van der Waals surface area contributed by atoms with Gasteiger partial charge < -0.3 is 0 Å². The van der Waals surface area contributed by atoms with E-state index in [1.165, 1.54) is 0 Å². The third kappa shape index (κ3) is 7.08. The Morgan fingerprint density at radius 1 is 1.22 bits per heavy atom. The second kappa shape index (κ2) is 7.08. The van der Waals surface area contributed by atoms with Gasteiger partial charge in [-0.05, 0) is 18.3 Å². The first-order valence-corrected chi connectivity index (χ1v) is 2.95.